The van der Waals surface area contributed by atoms with Crippen molar-refractivity contribution in [3.05, 3.63) is 45.4 Å². The van der Waals surface area contributed by atoms with Crippen LogP contribution in [0.25, 0.3) is 10.8 Å². The fraction of sp³-hybridized carbons (Fsp3) is 0.167. The van der Waals surface area contributed by atoms with Crippen molar-refractivity contribution in [2.75, 3.05) is 0 Å². The summed E-state index contributed by atoms with van der Waals surface area (Å²) >= 11 is 12.3. The molecule has 0 amide bonds. The SMILES string of the molecule is Clc1ccc2c3c(ccc(Cl)c13)CC2. The zero-order valence-corrected chi connectivity index (χ0v) is 8.99. The van der Waals surface area contributed by atoms with E-state index >= 15 is 0 Å². The lowest BCUT2D eigenvalue weighted by molar-refractivity contribution is 1.02. The fourth-order valence-electron chi connectivity index (χ4n) is 2.25. The maximum Gasteiger partial charge on any atom is 0.0499 e. The van der Waals surface area contributed by atoms with E-state index in [9.17, 15) is 0 Å². The second-order valence-electron chi connectivity index (χ2n) is 3.66. The molecule has 70 valence electrons. The minimum Gasteiger partial charge on any atom is -0.0836 e. The Balaban J connectivity index is 2.60. The van der Waals surface area contributed by atoms with Crippen molar-refractivity contribution in [1.82, 2.24) is 0 Å². The molecule has 14 heavy (non-hydrogen) atoms. The molecule has 0 bridgehead atoms. The third kappa shape index (κ3) is 1.01. The van der Waals surface area contributed by atoms with Gasteiger partial charge in [0.1, 0.15) is 0 Å². The van der Waals surface area contributed by atoms with Crippen molar-refractivity contribution in [2.24, 2.45) is 0 Å². The summed E-state index contributed by atoms with van der Waals surface area (Å²) in [6, 6.07) is 8.11. The monoisotopic (exact) mass is 222 g/mol. The van der Waals surface area contributed by atoms with Crippen LogP contribution in [0, 0.1) is 0 Å². The van der Waals surface area contributed by atoms with Crippen LogP contribution in [0.4, 0.5) is 0 Å². The summed E-state index contributed by atoms with van der Waals surface area (Å²) in [7, 11) is 0. The van der Waals surface area contributed by atoms with Gasteiger partial charge in [-0.25, -0.2) is 0 Å². The van der Waals surface area contributed by atoms with Crippen molar-refractivity contribution in [3.63, 3.8) is 0 Å². The quantitative estimate of drug-likeness (QED) is 0.626. The molecule has 0 unspecified atom stereocenters. The lowest BCUT2D eigenvalue weighted by Crippen LogP contribution is -1.81. The highest BCUT2D eigenvalue weighted by atomic mass is 35.5. The van der Waals surface area contributed by atoms with E-state index < -0.39 is 0 Å². The second-order valence-corrected chi connectivity index (χ2v) is 4.48. The Bertz CT molecular complexity index is 485. The van der Waals surface area contributed by atoms with Gasteiger partial charge in [-0.1, -0.05) is 35.3 Å². The van der Waals surface area contributed by atoms with Gasteiger partial charge in [-0.05, 0) is 41.5 Å². The van der Waals surface area contributed by atoms with Gasteiger partial charge < -0.3 is 0 Å². The van der Waals surface area contributed by atoms with Crippen LogP contribution in [0.5, 0.6) is 0 Å². The fourth-order valence-corrected chi connectivity index (χ4v) is 2.81. The van der Waals surface area contributed by atoms with E-state index in [1.807, 2.05) is 12.1 Å². The van der Waals surface area contributed by atoms with E-state index in [2.05, 4.69) is 12.1 Å². The van der Waals surface area contributed by atoms with Crippen LogP contribution in [0.1, 0.15) is 11.1 Å². The molecule has 2 aromatic carbocycles. The Morgan fingerprint density at radius 1 is 0.714 bits per heavy atom. The first-order valence-corrected chi connectivity index (χ1v) is 5.41. The molecule has 0 aromatic heterocycles. The predicted octanol–water partition coefficient (Wildman–Crippen LogP) is 4.25. The number of halogens is 2. The molecule has 0 aliphatic heterocycles. The molecule has 1 aliphatic carbocycles. The maximum atomic E-state index is 6.15. The number of rotatable bonds is 0. The molecule has 0 saturated carbocycles. The summed E-state index contributed by atoms with van der Waals surface area (Å²) < 4.78 is 0. The van der Waals surface area contributed by atoms with Crippen LogP contribution >= 0.6 is 23.2 Å². The third-order valence-corrected chi connectivity index (χ3v) is 3.53. The van der Waals surface area contributed by atoms with E-state index in [0.29, 0.717) is 0 Å². The average Bonchev–Trinajstić information content (AvgIpc) is 2.58. The predicted molar refractivity (Wildman–Crippen MR) is 61.4 cm³/mol. The molecule has 2 aromatic rings. The molecule has 0 nitrogen and oxygen atoms in total. The molecule has 3 rings (SSSR count). The van der Waals surface area contributed by atoms with E-state index in [1.54, 1.807) is 0 Å². The van der Waals surface area contributed by atoms with Gasteiger partial charge in [0, 0.05) is 15.4 Å². The molecule has 0 heterocycles. The summed E-state index contributed by atoms with van der Waals surface area (Å²) in [5.74, 6) is 0. The first-order valence-electron chi connectivity index (χ1n) is 4.66. The Morgan fingerprint density at radius 3 is 1.71 bits per heavy atom. The van der Waals surface area contributed by atoms with Crippen LogP contribution in [-0.4, -0.2) is 0 Å². The van der Waals surface area contributed by atoms with Crippen LogP contribution in [0.2, 0.25) is 10.0 Å². The maximum absolute atomic E-state index is 6.15. The molecule has 0 fully saturated rings. The number of benzene rings is 2. The highest BCUT2D eigenvalue weighted by Crippen LogP contribution is 2.38. The van der Waals surface area contributed by atoms with Crippen molar-refractivity contribution >= 4 is 34.0 Å². The molecule has 0 N–H and O–H groups in total. The van der Waals surface area contributed by atoms with Crippen molar-refractivity contribution in [3.8, 4) is 0 Å². The Morgan fingerprint density at radius 2 is 1.21 bits per heavy atom. The zero-order valence-electron chi connectivity index (χ0n) is 7.48. The van der Waals surface area contributed by atoms with Crippen LogP contribution < -0.4 is 0 Å². The lowest BCUT2D eigenvalue weighted by atomic mass is 10.1. The van der Waals surface area contributed by atoms with E-state index in [0.717, 1.165) is 28.3 Å². The molecule has 0 radical (unpaired) electrons. The standard InChI is InChI=1S/C12H8Cl2/c13-9-5-3-7-1-2-8-4-6-10(14)12(9)11(7)8/h3-6H,1-2H2. The summed E-state index contributed by atoms with van der Waals surface area (Å²) in [6.07, 6.45) is 2.23. The molecule has 0 saturated heterocycles. The van der Waals surface area contributed by atoms with Crippen molar-refractivity contribution in [2.45, 2.75) is 12.8 Å². The largest absolute Gasteiger partial charge is 0.0836 e. The van der Waals surface area contributed by atoms with Gasteiger partial charge in [-0.2, -0.15) is 0 Å². The zero-order chi connectivity index (χ0) is 9.71. The number of aryl methyl sites for hydroxylation is 2. The average molecular weight is 223 g/mol. The summed E-state index contributed by atoms with van der Waals surface area (Å²) in [6.45, 7) is 0. The van der Waals surface area contributed by atoms with Crippen LogP contribution in [0.3, 0.4) is 0 Å². The van der Waals surface area contributed by atoms with Gasteiger partial charge in [-0.3, -0.25) is 0 Å². The molecule has 0 atom stereocenters. The molecule has 1 aliphatic rings. The van der Waals surface area contributed by atoms with Gasteiger partial charge >= 0.3 is 0 Å². The lowest BCUT2D eigenvalue weighted by Gasteiger charge is -2.05. The first kappa shape index (κ1) is 8.58. The molecular weight excluding hydrogens is 215 g/mol. The van der Waals surface area contributed by atoms with Crippen LogP contribution in [0.15, 0.2) is 24.3 Å². The second kappa shape index (κ2) is 2.88. The summed E-state index contributed by atoms with van der Waals surface area (Å²) in [5, 5.41) is 3.83. The van der Waals surface area contributed by atoms with Gasteiger partial charge in [-0.15, -0.1) is 0 Å². The Kier molecular flexibility index (Phi) is 1.77. The third-order valence-electron chi connectivity index (χ3n) is 2.90. The van der Waals surface area contributed by atoms with Gasteiger partial charge in [0.05, 0.1) is 0 Å². The van der Waals surface area contributed by atoms with Crippen molar-refractivity contribution in [1.29, 1.82) is 0 Å². The minimum atomic E-state index is 0.762. The summed E-state index contributed by atoms with van der Waals surface area (Å²) in [4.78, 5) is 0. The molecule has 0 spiro atoms. The Hall–Kier alpha value is -0.720. The smallest absolute Gasteiger partial charge is 0.0499 e. The first-order chi connectivity index (χ1) is 6.77. The van der Waals surface area contributed by atoms with E-state index in [1.165, 1.54) is 16.5 Å². The highest BCUT2D eigenvalue weighted by molar-refractivity contribution is 6.42. The van der Waals surface area contributed by atoms with E-state index in [-0.39, 0.29) is 0 Å². The normalized spacial score (nSPS) is 13.9. The Labute approximate surface area is 92.4 Å². The van der Waals surface area contributed by atoms with Gasteiger partial charge in [0.15, 0.2) is 0 Å². The molecule has 2 heteroatoms. The van der Waals surface area contributed by atoms with E-state index in [4.69, 9.17) is 23.2 Å². The van der Waals surface area contributed by atoms with Gasteiger partial charge in [0.2, 0.25) is 0 Å². The highest BCUT2D eigenvalue weighted by Gasteiger charge is 2.17. The summed E-state index contributed by atoms with van der Waals surface area (Å²) in [5.41, 5.74) is 2.75. The molecular formula is C12H8Cl2. The number of hydrogen-bond acceptors (Lipinski definition) is 0. The van der Waals surface area contributed by atoms with Gasteiger partial charge in [0.25, 0.3) is 0 Å². The van der Waals surface area contributed by atoms with Crippen molar-refractivity contribution < 1.29 is 0 Å². The minimum absolute atomic E-state index is 0.762. The topological polar surface area (TPSA) is 0 Å². The number of hydrogen-bond donors (Lipinski definition) is 0. The van der Waals surface area contributed by atoms with Crippen LogP contribution in [-0.2, 0) is 12.8 Å².